The van der Waals surface area contributed by atoms with E-state index >= 15 is 0 Å². The van der Waals surface area contributed by atoms with E-state index in [1.54, 1.807) is 7.05 Å². The predicted molar refractivity (Wildman–Crippen MR) is 68.7 cm³/mol. The highest BCUT2D eigenvalue weighted by Crippen LogP contribution is 2.40. The van der Waals surface area contributed by atoms with Crippen LogP contribution >= 0.6 is 0 Å². The number of nitro groups is 1. The van der Waals surface area contributed by atoms with Gasteiger partial charge in [-0.15, -0.1) is 0 Å². The summed E-state index contributed by atoms with van der Waals surface area (Å²) in [7, 11) is 1.61. The number of nitrogens with one attached hydrogen (secondary N) is 2. The molecule has 0 aromatic carbocycles. The van der Waals surface area contributed by atoms with Crippen molar-refractivity contribution in [1.82, 2.24) is 9.97 Å². The van der Waals surface area contributed by atoms with Crippen molar-refractivity contribution in [2.45, 2.75) is 38.1 Å². The van der Waals surface area contributed by atoms with E-state index in [9.17, 15) is 10.1 Å². The summed E-state index contributed by atoms with van der Waals surface area (Å²) < 4.78 is 0. The minimum atomic E-state index is -0.448. The molecule has 1 heterocycles. The van der Waals surface area contributed by atoms with Crippen LogP contribution in [0.15, 0.2) is 6.33 Å². The normalized spacial score (nSPS) is 16.8. The van der Waals surface area contributed by atoms with Crippen LogP contribution in [0, 0.1) is 10.1 Å². The fourth-order valence-corrected chi connectivity index (χ4v) is 2.25. The second-order valence-electron chi connectivity index (χ2n) is 4.54. The maximum Gasteiger partial charge on any atom is 0.353 e. The second kappa shape index (κ2) is 4.75. The Morgan fingerprint density at radius 1 is 1.44 bits per heavy atom. The lowest BCUT2D eigenvalue weighted by Gasteiger charge is -2.42. The minimum Gasteiger partial charge on any atom is -0.367 e. The summed E-state index contributed by atoms with van der Waals surface area (Å²) in [6.45, 7) is 2.08. The van der Waals surface area contributed by atoms with Gasteiger partial charge in [-0.1, -0.05) is 6.92 Å². The van der Waals surface area contributed by atoms with Crippen LogP contribution in [0.25, 0.3) is 0 Å². The van der Waals surface area contributed by atoms with Crippen LogP contribution in [-0.4, -0.2) is 27.5 Å². The molecule has 0 bridgehead atoms. The Morgan fingerprint density at radius 3 is 2.56 bits per heavy atom. The monoisotopic (exact) mass is 251 g/mol. The van der Waals surface area contributed by atoms with E-state index < -0.39 is 4.92 Å². The molecule has 2 rings (SSSR count). The molecule has 0 spiro atoms. The van der Waals surface area contributed by atoms with Gasteiger partial charge >= 0.3 is 5.69 Å². The Balaban J connectivity index is 2.35. The molecular formula is C11H17N5O2. The third kappa shape index (κ3) is 2.07. The fraction of sp³-hybridized carbons (Fsp3) is 0.636. The maximum atomic E-state index is 11.1. The molecule has 0 amide bonds. The molecule has 1 aromatic heterocycles. The van der Waals surface area contributed by atoms with E-state index in [4.69, 9.17) is 0 Å². The Bertz CT molecular complexity index is 453. The van der Waals surface area contributed by atoms with Crippen LogP contribution in [0.3, 0.4) is 0 Å². The zero-order chi connectivity index (χ0) is 13.2. The van der Waals surface area contributed by atoms with E-state index in [1.807, 2.05) is 0 Å². The van der Waals surface area contributed by atoms with Gasteiger partial charge < -0.3 is 10.6 Å². The average Bonchev–Trinajstić information content (AvgIpc) is 2.33. The topological polar surface area (TPSA) is 93.0 Å². The maximum absolute atomic E-state index is 11.1. The molecule has 1 aliphatic carbocycles. The van der Waals surface area contributed by atoms with E-state index in [-0.39, 0.29) is 17.0 Å². The van der Waals surface area contributed by atoms with Gasteiger partial charge in [0.05, 0.1) is 4.92 Å². The van der Waals surface area contributed by atoms with Gasteiger partial charge in [0.1, 0.15) is 6.33 Å². The number of rotatable bonds is 5. The Labute approximate surface area is 105 Å². The summed E-state index contributed by atoms with van der Waals surface area (Å²) in [5.74, 6) is 0.545. The summed E-state index contributed by atoms with van der Waals surface area (Å²) in [4.78, 5) is 18.6. The molecule has 0 aliphatic heterocycles. The third-order valence-corrected chi connectivity index (χ3v) is 3.61. The SMILES string of the molecule is CCC1(Nc2ncnc(NC)c2[N+](=O)[O-])CCC1. The molecule has 7 heteroatoms. The van der Waals surface area contributed by atoms with Gasteiger partial charge in [0, 0.05) is 12.6 Å². The molecule has 1 aliphatic rings. The molecular weight excluding hydrogens is 234 g/mol. The lowest BCUT2D eigenvalue weighted by Crippen LogP contribution is -2.44. The van der Waals surface area contributed by atoms with E-state index in [1.165, 1.54) is 6.33 Å². The summed E-state index contributed by atoms with van der Waals surface area (Å²) in [6, 6.07) is 0. The Hall–Kier alpha value is -1.92. The van der Waals surface area contributed by atoms with Gasteiger partial charge in [-0.25, -0.2) is 9.97 Å². The molecule has 0 unspecified atom stereocenters. The molecule has 98 valence electrons. The van der Waals surface area contributed by atoms with E-state index in [2.05, 4.69) is 27.5 Å². The van der Waals surface area contributed by atoms with E-state index in [0.29, 0.717) is 5.82 Å². The average molecular weight is 251 g/mol. The summed E-state index contributed by atoms with van der Waals surface area (Å²) in [5, 5.41) is 17.1. The van der Waals surface area contributed by atoms with Gasteiger partial charge in [0.15, 0.2) is 0 Å². The summed E-state index contributed by atoms with van der Waals surface area (Å²) >= 11 is 0. The Kier molecular flexibility index (Phi) is 3.31. The first kappa shape index (κ1) is 12.5. The number of anilines is 2. The first-order valence-electron chi connectivity index (χ1n) is 6.07. The van der Waals surface area contributed by atoms with Crippen LogP contribution in [0.4, 0.5) is 17.3 Å². The van der Waals surface area contributed by atoms with Gasteiger partial charge in [-0.2, -0.15) is 0 Å². The van der Waals surface area contributed by atoms with Gasteiger partial charge in [0.2, 0.25) is 11.6 Å². The van der Waals surface area contributed by atoms with Crippen molar-refractivity contribution in [3.05, 3.63) is 16.4 Å². The lowest BCUT2D eigenvalue weighted by atomic mass is 9.75. The standard InChI is InChI=1S/C11H17N5O2/c1-3-11(5-4-6-11)15-10-8(16(17)18)9(12-2)13-7-14-10/h7H,3-6H2,1-2H3,(H2,12,13,14,15). The van der Waals surface area contributed by atoms with Crippen molar-refractivity contribution < 1.29 is 4.92 Å². The molecule has 1 aromatic rings. The number of nitrogens with zero attached hydrogens (tertiary/aromatic N) is 3. The molecule has 1 fully saturated rings. The summed E-state index contributed by atoms with van der Waals surface area (Å²) in [6.07, 6.45) is 5.48. The van der Waals surface area contributed by atoms with Gasteiger partial charge in [0.25, 0.3) is 0 Å². The molecule has 2 N–H and O–H groups in total. The quantitative estimate of drug-likeness (QED) is 0.615. The largest absolute Gasteiger partial charge is 0.367 e. The zero-order valence-corrected chi connectivity index (χ0v) is 10.6. The highest BCUT2D eigenvalue weighted by molar-refractivity contribution is 5.69. The van der Waals surface area contributed by atoms with Gasteiger partial charge in [-0.3, -0.25) is 10.1 Å². The van der Waals surface area contributed by atoms with Crippen molar-refractivity contribution >= 4 is 17.3 Å². The van der Waals surface area contributed by atoms with Crippen molar-refractivity contribution in [2.24, 2.45) is 0 Å². The first-order chi connectivity index (χ1) is 8.62. The van der Waals surface area contributed by atoms with Gasteiger partial charge in [-0.05, 0) is 25.7 Å². The van der Waals surface area contributed by atoms with Crippen molar-refractivity contribution in [3.8, 4) is 0 Å². The molecule has 7 nitrogen and oxygen atoms in total. The third-order valence-electron chi connectivity index (χ3n) is 3.61. The van der Waals surface area contributed by atoms with Crippen LogP contribution in [-0.2, 0) is 0 Å². The van der Waals surface area contributed by atoms with Crippen LogP contribution in [0.5, 0.6) is 0 Å². The zero-order valence-electron chi connectivity index (χ0n) is 10.6. The highest BCUT2D eigenvalue weighted by Gasteiger charge is 2.37. The number of hydrogen-bond donors (Lipinski definition) is 2. The van der Waals surface area contributed by atoms with Crippen molar-refractivity contribution in [3.63, 3.8) is 0 Å². The number of aromatic nitrogens is 2. The predicted octanol–water partition coefficient (Wildman–Crippen LogP) is 2.17. The smallest absolute Gasteiger partial charge is 0.353 e. The fourth-order valence-electron chi connectivity index (χ4n) is 2.25. The first-order valence-corrected chi connectivity index (χ1v) is 6.07. The second-order valence-corrected chi connectivity index (χ2v) is 4.54. The Morgan fingerprint density at radius 2 is 2.11 bits per heavy atom. The molecule has 0 atom stereocenters. The van der Waals surface area contributed by atoms with E-state index in [0.717, 1.165) is 25.7 Å². The van der Waals surface area contributed by atoms with Crippen LogP contribution in [0.1, 0.15) is 32.6 Å². The number of hydrogen-bond acceptors (Lipinski definition) is 6. The summed E-state index contributed by atoms with van der Waals surface area (Å²) in [5.41, 5.74) is -0.121. The van der Waals surface area contributed by atoms with Crippen LogP contribution in [0.2, 0.25) is 0 Å². The van der Waals surface area contributed by atoms with Crippen LogP contribution < -0.4 is 10.6 Å². The lowest BCUT2D eigenvalue weighted by molar-refractivity contribution is -0.383. The molecule has 1 saturated carbocycles. The molecule has 0 radical (unpaired) electrons. The molecule has 18 heavy (non-hydrogen) atoms. The van der Waals surface area contributed by atoms with Crippen molar-refractivity contribution in [2.75, 3.05) is 17.7 Å². The molecule has 0 saturated heterocycles. The van der Waals surface area contributed by atoms with Crippen molar-refractivity contribution in [1.29, 1.82) is 0 Å². The highest BCUT2D eigenvalue weighted by atomic mass is 16.6. The minimum absolute atomic E-state index is 0.0376.